The van der Waals surface area contributed by atoms with Gasteiger partial charge in [-0.25, -0.2) is 4.98 Å². The van der Waals surface area contributed by atoms with Crippen molar-refractivity contribution in [2.45, 2.75) is 27.2 Å². The Kier molecular flexibility index (Phi) is 7.44. The second-order valence-corrected chi connectivity index (χ2v) is 7.29. The zero-order valence-corrected chi connectivity index (χ0v) is 18.8. The average Bonchev–Trinajstić information content (AvgIpc) is 3.23. The summed E-state index contributed by atoms with van der Waals surface area (Å²) in [6, 6.07) is 10.3. The normalized spacial score (nSPS) is 11.7. The molecule has 0 aliphatic rings. The van der Waals surface area contributed by atoms with Crippen molar-refractivity contribution in [3.05, 3.63) is 71.3 Å². The molecule has 32 heavy (non-hydrogen) atoms. The topological polar surface area (TPSA) is 96.1 Å². The highest BCUT2D eigenvalue weighted by atomic mass is 16.5. The fourth-order valence-electron chi connectivity index (χ4n) is 3.24. The largest absolute Gasteiger partial charge is 0.494 e. The number of allylic oxidation sites excluding steroid dienone is 4. The summed E-state index contributed by atoms with van der Waals surface area (Å²) in [5, 5.41) is 5.61. The molecule has 166 valence electrons. The van der Waals surface area contributed by atoms with Gasteiger partial charge in [0, 0.05) is 23.2 Å². The number of rotatable bonds is 8. The van der Waals surface area contributed by atoms with E-state index in [0.717, 1.165) is 17.6 Å². The second-order valence-electron chi connectivity index (χ2n) is 7.29. The smallest absolute Gasteiger partial charge is 0.257 e. The number of hydrogen-bond donors (Lipinski definition) is 3. The highest BCUT2D eigenvalue weighted by Gasteiger charge is 2.16. The third kappa shape index (κ3) is 5.06. The lowest BCUT2D eigenvalue weighted by Gasteiger charge is -2.05. The van der Waals surface area contributed by atoms with E-state index in [-0.39, 0.29) is 11.8 Å². The van der Waals surface area contributed by atoms with Crippen molar-refractivity contribution < 1.29 is 14.3 Å². The number of nitrogens with zero attached hydrogens (tertiary/aromatic N) is 1. The van der Waals surface area contributed by atoms with Crippen molar-refractivity contribution in [3.8, 4) is 5.75 Å². The summed E-state index contributed by atoms with van der Waals surface area (Å²) < 4.78 is 5.45. The predicted octanol–water partition coefficient (Wildman–Crippen LogP) is 4.94. The minimum absolute atomic E-state index is 0.156. The molecule has 2 amide bonds. The number of ether oxygens (including phenoxy) is 1. The van der Waals surface area contributed by atoms with Gasteiger partial charge in [-0.3, -0.25) is 14.9 Å². The van der Waals surface area contributed by atoms with Gasteiger partial charge in [-0.2, -0.15) is 0 Å². The molecule has 0 radical (unpaired) electrons. The van der Waals surface area contributed by atoms with E-state index in [0.29, 0.717) is 40.4 Å². The van der Waals surface area contributed by atoms with Gasteiger partial charge >= 0.3 is 0 Å². The molecule has 7 nitrogen and oxygen atoms in total. The Morgan fingerprint density at radius 2 is 1.78 bits per heavy atom. The molecular formula is C25H28N4O3. The highest BCUT2D eigenvalue weighted by Crippen LogP contribution is 2.31. The monoisotopic (exact) mass is 432 g/mol. The number of methoxy groups -OCH3 is 1. The third-order valence-corrected chi connectivity index (χ3v) is 4.97. The van der Waals surface area contributed by atoms with Crippen LogP contribution < -0.4 is 15.4 Å². The molecule has 3 N–H and O–H groups in total. The fraction of sp³-hybridized carbons (Fsp3) is 0.240. The lowest BCUT2D eigenvalue weighted by atomic mass is 10.0. The predicted molar refractivity (Wildman–Crippen MR) is 128 cm³/mol. The van der Waals surface area contributed by atoms with E-state index in [1.807, 2.05) is 51.1 Å². The van der Waals surface area contributed by atoms with Crippen LogP contribution in [0.5, 0.6) is 5.75 Å². The molecular weight excluding hydrogens is 404 g/mol. The Hall–Kier alpha value is -3.87. The molecule has 0 saturated carbocycles. The summed E-state index contributed by atoms with van der Waals surface area (Å²) >= 11 is 0. The van der Waals surface area contributed by atoms with Gasteiger partial charge in [-0.1, -0.05) is 25.2 Å². The number of amides is 2. The summed E-state index contributed by atoms with van der Waals surface area (Å²) in [6.07, 6.45) is 6.79. The summed E-state index contributed by atoms with van der Waals surface area (Å²) in [4.78, 5) is 32.5. The molecule has 0 atom stereocenters. The number of fused-ring (bicyclic) bond motifs is 1. The van der Waals surface area contributed by atoms with Crippen LogP contribution in [0.2, 0.25) is 0 Å². The van der Waals surface area contributed by atoms with Crippen LogP contribution in [0.25, 0.3) is 16.6 Å². The van der Waals surface area contributed by atoms with E-state index in [1.165, 1.54) is 0 Å². The number of aromatic nitrogens is 2. The Labute approximate surface area is 187 Å². The lowest BCUT2D eigenvalue weighted by molar-refractivity contribution is 0.0951. The van der Waals surface area contributed by atoms with Crippen molar-refractivity contribution >= 4 is 34.4 Å². The lowest BCUT2D eigenvalue weighted by Crippen LogP contribution is -2.24. The number of carbonyl (C=O) groups is 2. The highest BCUT2D eigenvalue weighted by molar-refractivity contribution is 6.05. The summed E-state index contributed by atoms with van der Waals surface area (Å²) in [5.41, 5.74) is 4.33. The zero-order chi connectivity index (χ0) is 23.1. The Morgan fingerprint density at radius 1 is 1.09 bits per heavy atom. The van der Waals surface area contributed by atoms with Crippen molar-refractivity contribution in [2.75, 3.05) is 19.0 Å². The maximum absolute atomic E-state index is 12.7. The molecule has 1 heterocycles. The van der Waals surface area contributed by atoms with Crippen LogP contribution in [0.3, 0.4) is 0 Å². The van der Waals surface area contributed by atoms with Crippen LogP contribution >= 0.6 is 0 Å². The summed E-state index contributed by atoms with van der Waals surface area (Å²) in [7, 11) is 1.59. The van der Waals surface area contributed by atoms with E-state index in [9.17, 15) is 9.59 Å². The van der Waals surface area contributed by atoms with E-state index >= 15 is 0 Å². The van der Waals surface area contributed by atoms with E-state index in [2.05, 4.69) is 20.6 Å². The number of carbonyl (C=O) groups excluding carboxylic acids is 2. The molecule has 0 fully saturated rings. The van der Waals surface area contributed by atoms with E-state index in [4.69, 9.17) is 4.74 Å². The number of H-pyrrole nitrogens is 1. The molecule has 0 saturated heterocycles. The average molecular weight is 433 g/mol. The van der Waals surface area contributed by atoms with Gasteiger partial charge in [0.05, 0.1) is 7.11 Å². The number of hydrogen-bond acceptors (Lipinski definition) is 4. The first-order valence-electron chi connectivity index (χ1n) is 10.5. The third-order valence-electron chi connectivity index (χ3n) is 4.97. The van der Waals surface area contributed by atoms with Crippen molar-refractivity contribution in [3.63, 3.8) is 0 Å². The fourth-order valence-corrected chi connectivity index (χ4v) is 3.24. The molecule has 0 aliphatic heterocycles. The number of nitrogens with one attached hydrogen (secondary N) is 3. The number of aromatic amines is 1. The van der Waals surface area contributed by atoms with Gasteiger partial charge in [-0.15, -0.1) is 0 Å². The number of anilines is 1. The van der Waals surface area contributed by atoms with Gasteiger partial charge in [0.25, 0.3) is 11.8 Å². The molecule has 0 unspecified atom stereocenters. The van der Waals surface area contributed by atoms with Gasteiger partial charge in [0.2, 0.25) is 5.95 Å². The standard InChI is InChI=1S/C25H28N4O3/c1-5-7-8-16(3)19-13-14-20(32-4)22-21(19)27-25(28-22)29-24(31)18-11-9-17(10-12-18)23(30)26-15-6-2/h5,7-14H,6,15H2,1-4H3,(H,26,30)(H2,27,28,29,31)/b7-5-,16-8+. The molecule has 0 aliphatic carbocycles. The SMILES string of the molecule is C/C=C\C=C(/C)c1ccc(OC)c2[nH]c(NC(=O)c3ccc(C(=O)NCCC)cc3)nc12. The first-order chi connectivity index (χ1) is 15.5. The maximum Gasteiger partial charge on any atom is 0.257 e. The van der Waals surface area contributed by atoms with Crippen molar-refractivity contribution in [2.24, 2.45) is 0 Å². The van der Waals surface area contributed by atoms with Crippen LogP contribution in [0.4, 0.5) is 5.95 Å². The second kappa shape index (κ2) is 10.4. The quantitative estimate of drug-likeness (QED) is 0.439. The van der Waals surface area contributed by atoms with Crippen molar-refractivity contribution in [1.82, 2.24) is 15.3 Å². The minimum Gasteiger partial charge on any atom is -0.494 e. The van der Waals surface area contributed by atoms with E-state index < -0.39 is 0 Å². The van der Waals surface area contributed by atoms with Gasteiger partial charge in [0.1, 0.15) is 16.8 Å². The van der Waals surface area contributed by atoms with Crippen molar-refractivity contribution in [1.29, 1.82) is 0 Å². The molecule has 3 rings (SSSR count). The number of imidazole rings is 1. The van der Waals surface area contributed by atoms with Crippen LogP contribution in [-0.4, -0.2) is 35.4 Å². The van der Waals surface area contributed by atoms with Crippen LogP contribution in [-0.2, 0) is 0 Å². The summed E-state index contributed by atoms with van der Waals surface area (Å²) in [5.74, 6) is 0.473. The molecule has 0 spiro atoms. The Morgan fingerprint density at radius 3 is 2.41 bits per heavy atom. The molecule has 2 aromatic carbocycles. The van der Waals surface area contributed by atoms with Crippen LogP contribution in [0.15, 0.2) is 54.6 Å². The molecule has 7 heteroatoms. The minimum atomic E-state index is -0.328. The molecule has 3 aromatic rings. The first kappa shape index (κ1) is 22.8. The molecule has 0 bridgehead atoms. The first-order valence-corrected chi connectivity index (χ1v) is 10.5. The van der Waals surface area contributed by atoms with Gasteiger partial charge in [0.15, 0.2) is 0 Å². The maximum atomic E-state index is 12.7. The summed E-state index contributed by atoms with van der Waals surface area (Å²) in [6.45, 7) is 6.57. The van der Waals surface area contributed by atoms with Crippen LogP contribution in [0.1, 0.15) is 53.5 Å². The van der Waals surface area contributed by atoms with Crippen LogP contribution in [0, 0.1) is 0 Å². The molecule has 1 aromatic heterocycles. The number of benzene rings is 2. The Balaban J connectivity index is 1.85. The van der Waals surface area contributed by atoms with Gasteiger partial charge < -0.3 is 15.0 Å². The van der Waals surface area contributed by atoms with Gasteiger partial charge in [-0.05, 0) is 62.2 Å². The van der Waals surface area contributed by atoms with E-state index in [1.54, 1.807) is 31.4 Å². The Bertz CT molecular complexity index is 1170. The zero-order valence-electron chi connectivity index (χ0n) is 18.8.